The summed E-state index contributed by atoms with van der Waals surface area (Å²) in [5, 5.41) is 10.1. The van der Waals surface area contributed by atoms with Crippen molar-refractivity contribution in [3.8, 4) is 0 Å². The number of benzene rings is 1. The molecule has 2 aliphatic rings. The van der Waals surface area contributed by atoms with Crippen molar-refractivity contribution >= 4 is 11.9 Å². The molecule has 5 nitrogen and oxygen atoms in total. The summed E-state index contributed by atoms with van der Waals surface area (Å²) in [6.07, 6.45) is 0.845. The smallest absolute Gasteiger partial charge is 0.410 e. The maximum absolute atomic E-state index is 12.4. The van der Waals surface area contributed by atoms with Gasteiger partial charge < -0.3 is 9.84 Å². The lowest BCUT2D eigenvalue weighted by atomic mass is 9.94. The van der Waals surface area contributed by atoms with Gasteiger partial charge in [-0.2, -0.15) is 0 Å². The van der Waals surface area contributed by atoms with Crippen LogP contribution in [0.25, 0.3) is 0 Å². The molecule has 2 bridgehead atoms. The summed E-state index contributed by atoms with van der Waals surface area (Å²) in [5.41, 5.74) is 0.920. The molecular weight excluding hydrogens is 282 g/mol. The number of carbonyl (C=O) groups excluding carboxylic acids is 2. The zero-order valence-corrected chi connectivity index (χ0v) is 12.6. The number of hydrogen-bond donors (Lipinski definition) is 1. The molecule has 1 amide bonds. The monoisotopic (exact) mass is 303 g/mol. The molecule has 0 radical (unpaired) electrons. The highest BCUT2D eigenvalue weighted by molar-refractivity contribution is 5.81. The molecule has 0 aromatic heterocycles. The van der Waals surface area contributed by atoms with E-state index in [-0.39, 0.29) is 30.4 Å². The van der Waals surface area contributed by atoms with Crippen molar-refractivity contribution in [3.05, 3.63) is 35.9 Å². The van der Waals surface area contributed by atoms with Gasteiger partial charge in [-0.1, -0.05) is 30.3 Å². The van der Waals surface area contributed by atoms with E-state index in [0.717, 1.165) is 5.56 Å². The largest absolute Gasteiger partial charge is 0.445 e. The average Bonchev–Trinajstić information content (AvgIpc) is 2.82. The quantitative estimate of drug-likeness (QED) is 0.929. The molecule has 1 aromatic rings. The highest BCUT2D eigenvalue weighted by Gasteiger charge is 2.51. The SMILES string of the molecule is CC(=O)[C@H]1C[C@@H]2[C@@H](O)CC[C@H]1N2C(=O)OCc1ccccc1. The first kappa shape index (κ1) is 15.0. The third-order valence-electron chi connectivity index (χ3n) is 4.81. The number of Topliss-reactive ketones (excluding diaryl/α,β-unsaturated/α-hetero) is 1. The molecule has 1 aromatic carbocycles. The fraction of sp³-hybridized carbons (Fsp3) is 0.529. The van der Waals surface area contributed by atoms with Gasteiger partial charge in [0.15, 0.2) is 0 Å². The predicted octanol–water partition coefficient (Wildman–Crippen LogP) is 2.13. The van der Waals surface area contributed by atoms with Gasteiger partial charge in [0, 0.05) is 12.0 Å². The molecule has 4 atom stereocenters. The maximum Gasteiger partial charge on any atom is 0.410 e. The molecule has 0 saturated carbocycles. The molecule has 2 aliphatic heterocycles. The summed E-state index contributed by atoms with van der Waals surface area (Å²) >= 11 is 0. The molecule has 0 spiro atoms. The molecule has 2 heterocycles. The van der Waals surface area contributed by atoms with Crippen LogP contribution in [0.4, 0.5) is 4.79 Å². The van der Waals surface area contributed by atoms with Gasteiger partial charge in [-0.3, -0.25) is 9.69 Å². The van der Waals surface area contributed by atoms with Crippen LogP contribution in [0.3, 0.4) is 0 Å². The normalized spacial score (nSPS) is 30.2. The van der Waals surface area contributed by atoms with Crippen LogP contribution in [0.1, 0.15) is 31.7 Å². The van der Waals surface area contributed by atoms with Crippen molar-refractivity contribution in [1.29, 1.82) is 0 Å². The summed E-state index contributed by atoms with van der Waals surface area (Å²) in [5.74, 6) is -0.0890. The minimum atomic E-state index is -0.565. The van der Waals surface area contributed by atoms with Crippen molar-refractivity contribution in [1.82, 2.24) is 4.90 Å². The highest BCUT2D eigenvalue weighted by atomic mass is 16.6. The highest BCUT2D eigenvalue weighted by Crippen LogP contribution is 2.40. The second kappa shape index (κ2) is 6.08. The Kier molecular flexibility index (Phi) is 4.16. The fourth-order valence-electron chi connectivity index (χ4n) is 3.69. The van der Waals surface area contributed by atoms with Crippen molar-refractivity contribution in [2.24, 2.45) is 5.92 Å². The zero-order chi connectivity index (χ0) is 15.7. The topological polar surface area (TPSA) is 66.8 Å². The van der Waals surface area contributed by atoms with Crippen LogP contribution >= 0.6 is 0 Å². The number of aliphatic hydroxyl groups excluding tert-OH is 1. The second-order valence-electron chi connectivity index (χ2n) is 6.18. The van der Waals surface area contributed by atoms with E-state index in [1.165, 1.54) is 0 Å². The minimum absolute atomic E-state index is 0.0856. The van der Waals surface area contributed by atoms with Crippen LogP contribution in [0.5, 0.6) is 0 Å². The molecule has 22 heavy (non-hydrogen) atoms. The van der Waals surface area contributed by atoms with E-state index in [2.05, 4.69) is 0 Å². The van der Waals surface area contributed by atoms with Crippen molar-refractivity contribution in [2.75, 3.05) is 0 Å². The van der Waals surface area contributed by atoms with Crippen LogP contribution in [-0.2, 0) is 16.1 Å². The third kappa shape index (κ3) is 2.73. The lowest BCUT2D eigenvalue weighted by Crippen LogP contribution is -2.51. The Labute approximate surface area is 129 Å². The molecule has 2 fully saturated rings. The first-order valence-electron chi connectivity index (χ1n) is 7.75. The Morgan fingerprint density at radius 2 is 1.95 bits per heavy atom. The third-order valence-corrected chi connectivity index (χ3v) is 4.81. The van der Waals surface area contributed by atoms with E-state index in [9.17, 15) is 14.7 Å². The Morgan fingerprint density at radius 3 is 2.64 bits per heavy atom. The van der Waals surface area contributed by atoms with E-state index >= 15 is 0 Å². The van der Waals surface area contributed by atoms with E-state index in [4.69, 9.17) is 4.74 Å². The van der Waals surface area contributed by atoms with Crippen molar-refractivity contribution < 1.29 is 19.4 Å². The van der Waals surface area contributed by atoms with E-state index < -0.39 is 12.2 Å². The molecular formula is C17H21NO4. The molecule has 118 valence electrons. The van der Waals surface area contributed by atoms with Crippen molar-refractivity contribution in [3.63, 3.8) is 0 Å². The van der Waals surface area contributed by atoms with Gasteiger partial charge in [-0.15, -0.1) is 0 Å². The number of ketones is 1. The Morgan fingerprint density at radius 1 is 1.23 bits per heavy atom. The van der Waals surface area contributed by atoms with Gasteiger partial charge >= 0.3 is 6.09 Å². The van der Waals surface area contributed by atoms with Gasteiger partial charge in [-0.25, -0.2) is 4.79 Å². The molecule has 0 aliphatic carbocycles. The standard InChI is InChI=1S/C17H21NO4/c1-11(19)13-9-15-16(20)8-7-14(13)18(15)17(21)22-10-12-5-3-2-4-6-12/h2-6,13-16,20H,7-10H2,1H3/t13-,14-,15-,16+/m1/s1. The van der Waals surface area contributed by atoms with Crippen LogP contribution in [0.2, 0.25) is 0 Å². The molecule has 0 unspecified atom stereocenters. The van der Waals surface area contributed by atoms with E-state index in [1.54, 1.807) is 11.8 Å². The summed E-state index contributed by atoms with van der Waals surface area (Å²) in [4.78, 5) is 25.8. The van der Waals surface area contributed by atoms with Crippen LogP contribution in [0.15, 0.2) is 30.3 Å². The molecule has 5 heteroatoms. The number of rotatable bonds is 3. The molecule has 3 rings (SSSR count). The molecule has 1 N–H and O–H groups in total. The summed E-state index contributed by atoms with van der Waals surface area (Å²) in [6.45, 7) is 1.77. The molecule has 2 saturated heterocycles. The Hall–Kier alpha value is -1.88. The van der Waals surface area contributed by atoms with Gasteiger partial charge in [-0.05, 0) is 31.7 Å². The van der Waals surface area contributed by atoms with Crippen LogP contribution < -0.4 is 0 Å². The first-order valence-corrected chi connectivity index (χ1v) is 7.75. The van der Waals surface area contributed by atoms with Gasteiger partial charge in [0.05, 0.1) is 12.1 Å². The van der Waals surface area contributed by atoms with Gasteiger partial charge in [0.2, 0.25) is 0 Å². The summed E-state index contributed by atoms with van der Waals surface area (Å²) < 4.78 is 5.39. The number of aliphatic hydroxyl groups is 1. The number of fused-ring (bicyclic) bond motifs is 2. The second-order valence-corrected chi connectivity index (χ2v) is 6.18. The summed E-state index contributed by atoms with van der Waals surface area (Å²) in [6, 6.07) is 9.05. The van der Waals surface area contributed by atoms with E-state index in [1.807, 2.05) is 30.3 Å². The number of nitrogens with zero attached hydrogens (tertiary/aromatic N) is 1. The maximum atomic E-state index is 12.4. The predicted molar refractivity (Wildman–Crippen MR) is 80.1 cm³/mol. The lowest BCUT2D eigenvalue weighted by Gasteiger charge is -2.37. The van der Waals surface area contributed by atoms with E-state index in [0.29, 0.717) is 19.3 Å². The lowest BCUT2D eigenvalue weighted by molar-refractivity contribution is -0.121. The van der Waals surface area contributed by atoms with Crippen molar-refractivity contribution in [2.45, 2.75) is 51.0 Å². The summed E-state index contributed by atoms with van der Waals surface area (Å²) in [7, 11) is 0. The number of piperidine rings is 1. The zero-order valence-electron chi connectivity index (χ0n) is 12.6. The Bertz CT molecular complexity index is 559. The first-order chi connectivity index (χ1) is 10.6. The van der Waals surface area contributed by atoms with Gasteiger partial charge in [0.1, 0.15) is 12.4 Å². The number of hydrogen-bond acceptors (Lipinski definition) is 4. The van der Waals surface area contributed by atoms with Crippen LogP contribution in [-0.4, -0.2) is 40.1 Å². The Balaban J connectivity index is 1.70. The average molecular weight is 303 g/mol. The van der Waals surface area contributed by atoms with Crippen LogP contribution in [0, 0.1) is 5.92 Å². The fourth-order valence-corrected chi connectivity index (χ4v) is 3.69. The minimum Gasteiger partial charge on any atom is -0.445 e. The number of amides is 1. The van der Waals surface area contributed by atoms with Gasteiger partial charge in [0.25, 0.3) is 0 Å². The number of carbonyl (C=O) groups is 2. The number of ether oxygens (including phenoxy) is 1.